The molecule has 0 fully saturated rings. The zero-order chi connectivity index (χ0) is 19.1. The number of nitrogens with zero attached hydrogens (tertiary/aromatic N) is 1. The van der Waals surface area contributed by atoms with Crippen molar-refractivity contribution in [2.24, 2.45) is 0 Å². The van der Waals surface area contributed by atoms with Crippen LogP contribution >= 0.6 is 0 Å². The molecule has 0 aliphatic heterocycles. The minimum atomic E-state index is -0.498. The molecule has 26 heavy (non-hydrogen) atoms. The number of rotatable bonds is 7. The predicted octanol–water partition coefficient (Wildman–Crippen LogP) is 4.65. The van der Waals surface area contributed by atoms with Gasteiger partial charge < -0.3 is 9.47 Å². The molecular weight excluding hydrogens is 334 g/mol. The average molecular weight is 353 g/mol. The summed E-state index contributed by atoms with van der Waals surface area (Å²) in [4.78, 5) is 21.9. The summed E-state index contributed by atoms with van der Waals surface area (Å²) in [5.41, 5.74) is 1.96. The number of hydrogen-bond donors (Lipinski definition) is 0. The van der Waals surface area contributed by atoms with Crippen molar-refractivity contribution in [1.82, 2.24) is 0 Å². The van der Waals surface area contributed by atoms with Gasteiger partial charge in [-0.15, -0.1) is 0 Å². The summed E-state index contributed by atoms with van der Waals surface area (Å²) in [5, 5.41) is 10.7. The molecule has 0 spiro atoms. The smallest absolute Gasteiger partial charge is 0.338 e. The number of nitro benzene ring substituents is 1. The number of carbonyl (C=O) groups is 1. The van der Waals surface area contributed by atoms with Gasteiger partial charge in [0.25, 0.3) is 5.69 Å². The van der Waals surface area contributed by atoms with Gasteiger partial charge in [-0.3, -0.25) is 10.1 Å². The Morgan fingerprint density at radius 2 is 1.88 bits per heavy atom. The molecule has 0 radical (unpaired) electrons. The van der Waals surface area contributed by atoms with Crippen molar-refractivity contribution >= 4 is 23.8 Å². The molecule has 134 valence electrons. The van der Waals surface area contributed by atoms with Crippen LogP contribution in [-0.2, 0) is 4.79 Å². The van der Waals surface area contributed by atoms with Crippen molar-refractivity contribution in [2.45, 2.75) is 13.8 Å². The molecule has 0 N–H and O–H groups in total. The van der Waals surface area contributed by atoms with E-state index in [1.807, 2.05) is 19.1 Å². The Morgan fingerprint density at radius 3 is 2.46 bits per heavy atom. The summed E-state index contributed by atoms with van der Waals surface area (Å²) in [6.07, 6.45) is 3.65. The molecule has 2 aromatic rings. The van der Waals surface area contributed by atoms with Crippen molar-refractivity contribution < 1.29 is 19.2 Å². The van der Waals surface area contributed by atoms with Gasteiger partial charge in [-0.05, 0) is 43.7 Å². The molecule has 0 aliphatic carbocycles. The van der Waals surface area contributed by atoms with Crippen molar-refractivity contribution in [1.29, 1.82) is 0 Å². The van der Waals surface area contributed by atoms with E-state index in [4.69, 9.17) is 9.47 Å². The van der Waals surface area contributed by atoms with Gasteiger partial charge >= 0.3 is 5.97 Å². The summed E-state index contributed by atoms with van der Waals surface area (Å²) in [6.45, 7) is 7.44. The van der Waals surface area contributed by atoms with Crippen molar-refractivity contribution in [3.05, 3.63) is 75.9 Å². The topological polar surface area (TPSA) is 78.7 Å². The van der Waals surface area contributed by atoms with E-state index in [0.29, 0.717) is 23.7 Å². The van der Waals surface area contributed by atoms with Gasteiger partial charge in [0.05, 0.1) is 11.5 Å². The normalized spacial score (nSPS) is 10.5. The van der Waals surface area contributed by atoms with E-state index >= 15 is 0 Å². The van der Waals surface area contributed by atoms with Crippen LogP contribution in [0.2, 0.25) is 0 Å². The number of non-ortho nitro benzene ring substituents is 1. The Balaban J connectivity index is 2.23. The van der Waals surface area contributed by atoms with Crippen LogP contribution in [0, 0.1) is 10.1 Å². The van der Waals surface area contributed by atoms with Gasteiger partial charge in [0.2, 0.25) is 0 Å². The van der Waals surface area contributed by atoms with Crippen LogP contribution < -0.4 is 9.47 Å². The molecule has 0 atom stereocenters. The van der Waals surface area contributed by atoms with Crippen LogP contribution in [0.3, 0.4) is 0 Å². The van der Waals surface area contributed by atoms with E-state index in [-0.39, 0.29) is 5.69 Å². The highest BCUT2D eigenvalue weighted by molar-refractivity contribution is 5.89. The molecule has 2 rings (SSSR count). The van der Waals surface area contributed by atoms with E-state index in [0.717, 1.165) is 11.1 Å². The molecule has 0 aliphatic rings. The second-order valence-corrected chi connectivity index (χ2v) is 5.48. The molecule has 0 saturated carbocycles. The summed E-state index contributed by atoms with van der Waals surface area (Å²) < 4.78 is 10.8. The van der Waals surface area contributed by atoms with Gasteiger partial charge in [-0.1, -0.05) is 18.7 Å². The Labute approximate surface area is 151 Å². The molecule has 6 heteroatoms. The summed E-state index contributed by atoms with van der Waals surface area (Å²) in [6, 6.07) is 11.3. The number of hydrogen-bond acceptors (Lipinski definition) is 5. The van der Waals surface area contributed by atoms with Crippen molar-refractivity contribution in [3.8, 4) is 11.5 Å². The maximum Gasteiger partial charge on any atom is 0.338 e. The predicted molar refractivity (Wildman–Crippen MR) is 100 cm³/mol. The van der Waals surface area contributed by atoms with Crippen LogP contribution in [0.15, 0.2) is 54.6 Å². The lowest BCUT2D eigenvalue weighted by atomic mass is 10.1. The molecular formula is C20H19NO5. The lowest BCUT2D eigenvalue weighted by Gasteiger charge is -2.10. The van der Waals surface area contributed by atoms with E-state index in [9.17, 15) is 14.9 Å². The minimum Gasteiger partial charge on any atom is -0.493 e. The highest BCUT2D eigenvalue weighted by atomic mass is 16.6. The quantitative estimate of drug-likeness (QED) is 0.181. The Hall–Kier alpha value is -3.41. The van der Waals surface area contributed by atoms with Crippen LogP contribution in [0.5, 0.6) is 11.5 Å². The van der Waals surface area contributed by atoms with Gasteiger partial charge in [0.1, 0.15) is 11.5 Å². The first-order valence-electron chi connectivity index (χ1n) is 7.97. The highest BCUT2D eigenvalue weighted by Crippen LogP contribution is 2.27. The molecule has 0 saturated heterocycles. The van der Waals surface area contributed by atoms with Gasteiger partial charge in [-0.25, -0.2) is 4.79 Å². The summed E-state index contributed by atoms with van der Waals surface area (Å²) in [5.74, 6) is 0.438. The SMILES string of the molecule is C=C(C)C(=O)Oc1ccc(C=Cc2ccc([N+](=O)[O-])cc2)c(OCC)c1. The standard InChI is InChI=1S/C20H19NO5/c1-4-25-19-13-18(26-20(22)14(2)3)12-9-16(19)8-5-15-6-10-17(11-7-15)21(23)24/h5-13H,2,4H2,1,3H3. The zero-order valence-corrected chi connectivity index (χ0v) is 14.6. The second kappa shape index (κ2) is 8.62. The largest absolute Gasteiger partial charge is 0.493 e. The Kier molecular flexibility index (Phi) is 6.27. The van der Waals surface area contributed by atoms with Crippen LogP contribution in [0.25, 0.3) is 12.2 Å². The molecule has 0 unspecified atom stereocenters. The lowest BCUT2D eigenvalue weighted by molar-refractivity contribution is -0.384. The van der Waals surface area contributed by atoms with Crippen LogP contribution in [-0.4, -0.2) is 17.5 Å². The molecule has 0 aromatic heterocycles. The molecule has 0 heterocycles. The fourth-order valence-electron chi connectivity index (χ4n) is 2.08. The van der Waals surface area contributed by atoms with Gasteiger partial charge in [0.15, 0.2) is 0 Å². The fourth-order valence-corrected chi connectivity index (χ4v) is 2.08. The second-order valence-electron chi connectivity index (χ2n) is 5.48. The van der Waals surface area contributed by atoms with E-state index in [2.05, 4.69) is 6.58 Å². The Morgan fingerprint density at radius 1 is 1.19 bits per heavy atom. The number of benzene rings is 2. The van der Waals surface area contributed by atoms with Crippen molar-refractivity contribution in [3.63, 3.8) is 0 Å². The lowest BCUT2D eigenvalue weighted by Crippen LogP contribution is -2.08. The first kappa shape index (κ1) is 18.9. The minimum absolute atomic E-state index is 0.0424. The molecule has 0 bridgehead atoms. The molecule has 6 nitrogen and oxygen atoms in total. The maximum absolute atomic E-state index is 11.6. The highest BCUT2D eigenvalue weighted by Gasteiger charge is 2.09. The zero-order valence-electron chi connectivity index (χ0n) is 14.6. The van der Waals surface area contributed by atoms with Gasteiger partial charge in [-0.2, -0.15) is 0 Å². The number of ether oxygens (including phenoxy) is 2. The third kappa shape index (κ3) is 5.04. The number of esters is 1. The molecule has 2 aromatic carbocycles. The monoisotopic (exact) mass is 353 g/mol. The van der Waals surface area contributed by atoms with Crippen molar-refractivity contribution in [2.75, 3.05) is 6.61 Å². The third-order valence-corrected chi connectivity index (χ3v) is 3.40. The van der Waals surface area contributed by atoms with E-state index in [1.54, 1.807) is 37.3 Å². The maximum atomic E-state index is 11.6. The average Bonchev–Trinajstić information content (AvgIpc) is 2.61. The Bertz CT molecular complexity index is 853. The number of nitro groups is 1. The first-order chi connectivity index (χ1) is 12.4. The van der Waals surface area contributed by atoms with Crippen LogP contribution in [0.4, 0.5) is 5.69 Å². The fraction of sp³-hybridized carbons (Fsp3) is 0.150. The summed E-state index contributed by atoms with van der Waals surface area (Å²) in [7, 11) is 0. The van der Waals surface area contributed by atoms with E-state index < -0.39 is 10.9 Å². The summed E-state index contributed by atoms with van der Waals surface area (Å²) >= 11 is 0. The first-order valence-corrected chi connectivity index (χ1v) is 7.97. The van der Waals surface area contributed by atoms with Crippen LogP contribution in [0.1, 0.15) is 25.0 Å². The van der Waals surface area contributed by atoms with E-state index in [1.165, 1.54) is 12.1 Å². The third-order valence-electron chi connectivity index (χ3n) is 3.40. The number of carbonyl (C=O) groups excluding carboxylic acids is 1. The molecule has 0 amide bonds. The van der Waals surface area contributed by atoms with Gasteiger partial charge in [0, 0.05) is 29.3 Å².